The number of β-amino-alcohol motifs (C(OH)–C–C–N with tert-alkyl or cyclic N) is 1. The minimum Gasteiger partial charge on any atom is -0.493 e. The van der Waals surface area contributed by atoms with Gasteiger partial charge in [0.25, 0.3) is 0 Å². The van der Waals surface area contributed by atoms with Gasteiger partial charge in [0.05, 0.1) is 37.7 Å². The third-order valence-electron chi connectivity index (χ3n) is 6.24. The number of hydrogen-bond donors (Lipinski definition) is 2. The first-order chi connectivity index (χ1) is 18.0. The molecule has 0 saturated carbocycles. The van der Waals surface area contributed by atoms with Crippen molar-refractivity contribution in [3.63, 3.8) is 0 Å². The zero-order valence-corrected chi connectivity index (χ0v) is 22.7. The van der Waals surface area contributed by atoms with E-state index in [1.165, 1.54) is 9.79 Å². The first-order valence-electron chi connectivity index (χ1n) is 12.6. The van der Waals surface area contributed by atoms with Crippen LogP contribution in [0.5, 0.6) is 11.5 Å². The van der Waals surface area contributed by atoms with Crippen LogP contribution in [0.4, 0.5) is 11.4 Å². The summed E-state index contributed by atoms with van der Waals surface area (Å²) >= 11 is 1.76. The molecule has 1 aliphatic heterocycles. The zero-order chi connectivity index (χ0) is 26.2. The molecule has 0 amide bonds. The molecule has 0 aromatic heterocycles. The van der Waals surface area contributed by atoms with Crippen LogP contribution in [0.3, 0.4) is 0 Å². The van der Waals surface area contributed by atoms with Gasteiger partial charge in [-0.1, -0.05) is 42.1 Å². The molecule has 8 heteroatoms. The number of hydrogen-bond acceptors (Lipinski definition) is 8. The number of nitrogens with zero attached hydrogens (tertiary/aromatic N) is 3. The molecule has 0 bridgehead atoms. The lowest BCUT2D eigenvalue weighted by Crippen LogP contribution is -2.40. The molecule has 3 aromatic rings. The molecule has 198 valence electrons. The average molecular weight is 524 g/mol. The van der Waals surface area contributed by atoms with Crippen molar-refractivity contribution in [1.82, 2.24) is 9.80 Å². The predicted molar refractivity (Wildman–Crippen MR) is 149 cm³/mol. The minimum absolute atomic E-state index is 0.0155. The predicted octanol–water partition coefficient (Wildman–Crippen LogP) is 4.09. The fourth-order valence-electron chi connectivity index (χ4n) is 4.45. The van der Waals surface area contributed by atoms with Crippen LogP contribution < -0.4 is 14.4 Å². The molecule has 1 heterocycles. The SMILES string of the molecule is COc1cc(CN(CCO)CC(O)CN2c3ccccc3Sc3ccccc32)ccc1OCCN(C)C. The van der Waals surface area contributed by atoms with Crippen LogP contribution in [-0.2, 0) is 6.54 Å². The Bertz CT molecular complexity index is 1110. The Balaban J connectivity index is 1.44. The van der Waals surface area contributed by atoms with Gasteiger partial charge in [0.15, 0.2) is 11.5 Å². The molecule has 1 atom stereocenters. The Labute approximate surface area is 224 Å². The van der Waals surface area contributed by atoms with E-state index in [0.717, 1.165) is 23.5 Å². The summed E-state index contributed by atoms with van der Waals surface area (Å²) in [6.07, 6.45) is -0.619. The van der Waals surface area contributed by atoms with Gasteiger partial charge in [0.2, 0.25) is 0 Å². The number of ether oxygens (including phenoxy) is 2. The Morgan fingerprint density at radius 3 is 2.22 bits per heavy atom. The fraction of sp³-hybridized carbons (Fsp3) is 0.379. The van der Waals surface area contributed by atoms with Gasteiger partial charge in [-0.05, 0) is 56.1 Å². The normalized spacial score (nSPS) is 13.4. The highest BCUT2D eigenvalue weighted by molar-refractivity contribution is 7.99. The van der Waals surface area contributed by atoms with Crippen molar-refractivity contribution in [3.8, 4) is 11.5 Å². The number of anilines is 2. The van der Waals surface area contributed by atoms with Gasteiger partial charge in [-0.3, -0.25) is 4.90 Å². The quantitative estimate of drug-likeness (QED) is 0.347. The lowest BCUT2D eigenvalue weighted by molar-refractivity contribution is 0.100. The Kier molecular flexibility index (Phi) is 9.71. The monoisotopic (exact) mass is 523 g/mol. The molecular formula is C29H37N3O4S. The highest BCUT2D eigenvalue weighted by Gasteiger charge is 2.25. The first kappa shape index (κ1) is 27.3. The van der Waals surface area contributed by atoms with Gasteiger partial charge in [-0.25, -0.2) is 0 Å². The van der Waals surface area contributed by atoms with Crippen molar-refractivity contribution in [3.05, 3.63) is 72.3 Å². The topological polar surface area (TPSA) is 68.6 Å². The van der Waals surface area contributed by atoms with Gasteiger partial charge in [0.1, 0.15) is 6.61 Å². The fourth-order valence-corrected chi connectivity index (χ4v) is 5.54. The lowest BCUT2D eigenvalue weighted by Gasteiger charge is -2.35. The second-order valence-corrected chi connectivity index (χ2v) is 10.5. The van der Waals surface area contributed by atoms with Crippen molar-refractivity contribution in [1.29, 1.82) is 0 Å². The molecule has 0 fully saturated rings. The van der Waals surface area contributed by atoms with Gasteiger partial charge >= 0.3 is 0 Å². The summed E-state index contributed by atoms with van der Waals surface area (Å²) in [5.41, 5.74) is 3.24. The number of likely N-dealkylation sites (N-methyl/N-ethyl adjacent to an activating group) is 1. The number of benzene rings is 3. The number of methoxy groups -OCH3 is 1. The Morgan fingerprint density at radius 2 is 1.59 bits per heavy atom. The molecule has 0 spiro atoms. The standard InChI is InChI=1S/C29H37N3O4S/c1-30(2)15-17-36-26-13-12-22(18-27(26)35-3)19-31(14-16-33)20-23(34)21-32-24-8-4-6-10-28(24)37-29-11-7-5-9-25(29)32/h4-13,18,23,33-34H,14-17,19-21H2,1-3H3. The van der Waals surface area contributed by atoms with E-state index in [1.807, 2.05) is 56.6 Å². The summed E-state index contributed by atoms with van der Waals surface area (Å²) in [7, 11) is 5.66. The number of rotatable bonds is 13. The zero-order valence-electron chi connectivity index (χ0n) is 21.8. The van der Waals surface area contributed by atoms with Crippen LogP contribution >= 0.6 is 11.8 Å². The van der Waals surface area contributed by atoms with Gasteiger partial charge in [-0.2, -0.15) is 0 Å². The van der Waals surface area contributed by atoms with Gasteiger partial charge in [-0.15, -0.1) is 0 Å². The number of aliphatic hydroxyl groups excluding tert-OH is 2. The van der Waals surface area contributed by atoms with E-state index in [4.69, 9.17) is 9.47 Å². The second kappa shape index (κ2) is 13.2. The van der Waals surface area contributed by atoms with Crippen LogP contribution in [0.25, 0.3) is 0 Å². The van der Waals surface area contributed by atoms with Crippen LogP contribution in [-0.4, -0.2) is 86.7 Å². The van der Waals surface area contributed by atoms with Crippen molar-refractivity contribution < 1.29 is 19.7 Å². The third-order valence-corrected chi connectivity index (χ3v) is 7.37. The van der Waals surface area contributed by atoms with E-state index in [0.29, 0.717) is 44.3 Å². The molecule has 37 heavy (non-hydrogen) atoms. The molecule has 0 radical (unpaired) electrons. The third kappa shape index (κ3) is 7.18. The summed E-state index contributed by atoms with van der Waals surface area (Å²) in [5.74, 6) is 1.39. The van der Waals surface area contributed by atoms with Crippen molar-refractivity contribution in [2.24, 2.45) is 0 Å². The van der Waals surface area contributed by atoms with E-state index >= 15 is 0 Å². The summed E-state index contributed by atoms with van der Waals surface area (Å²) in [6.45, 7) is 3.33. The molecule has 1 unspecified atom stereocenters. The van der Waals surface area contributed by atoms with Crippen molar-refractivity contribution in [2.45, 2.75) is 22.4 Å². The van der Waals surface area contributed by atoms with Gasteiger partial charge in [0, 0.05) is 36.0 Å². The molecule has 2 N–H and O–H groups in total. The maximum Gasteiger partial charge on any atom is 0.161 e. The summed E-state index contributed by atoms with van der Waals surface area (Å²) in [4.78, 5) is 8.70. The lowest BCUT2D eigenvalue weighted by atomic mass is 10.1. The van der Waals surface area contributed by atoms with E-state index in [9.17, 15) is 10.2 Å². The Morgan fingerprint density at radius 1 is 0.919 bits per heavy atom. The highest BCUT2D eigenvalue weighted by atomic mass is 32.2. The van der Waals surface area contributed by atoms with E-state index in [2.05, 4.69) is 39.0 Å². The van der Waals surface area contributed by atoms with Crippen LogP contribution in [0.15, 0.2) is 76.5 Å². The molecule has 1 aliphatic rings. The minimum atomic E-state index is -0.619. The molecule has 7 nitrogen and oxygen atoms in total. The van der Waals surface area contributed by atoms with E-state index < -0.39 is 6.10 Å². The van der Waals surface area contributed by atoms with Crippen molar-refractivity contribution >= 4 is 23.1 Å². The van der Waals surface area contributed by atoms with Crippen LogP contribution in [0.2, 0.25) is 0 Å². The number of para-hydroxylation sites is 2. The van der Waals surface area contributed by atoms with Crippen LogP contribution in [0, 0.1) is 0 Å². The average Bonchev–Trinajstić information content (AvgIpc) is 2.89. The Hall–Kier alpha value is -2.75. The van der Waals surface area contributed by atoms with E-state index in [1.54, 1.807) is 18.9 Å². The summed E-state index contributed by atoms with van der Waals surface area (Å²) in [6, 6.07) is 22.5. The summed E-state index contributed by atoms with van der Waals surface area (Å²) < 4.78 is 11.5. The molecule has 4 rings (SSSR count). The summed E-state index contributed by atoms with van der Waals surface area (Å²) in [5, 5.41) is 20.9. The maximum atomic E-state index is 11.2. The first-order valence-corrected chi connectivity index (χ1v) is 13.4. The molecule has 3 aromatic carbocycles. The second-order valence-electron chi connectivity index (χ2n) is 9.40. The van der Waals surface area contributed by atoms with Gasteiger partial charge < -0.3 is 29.5 Å². The van der Waals surface area contributed by atoms with E-state index in [-0.39, 0.29) is 6.61 Å². The number of aliphatic hydroxyl groups is 2. The highest BCUT2D eigenvalue weighted by Crippen LogP contribution is 2.47. The van der Waals surface area contributed by atoms with Crippen LogP contribution in [0.1, 0.15) is 5.56 Å². The number of fused-ring (bicyclic) bond motifs is 2. The van der Waals surface area contributed by atoms with Crippen molar-refractivity contribution in [2.75, 3.05) is 65.5 Å². The molecule has 0 saturated heterocycles. The molecular weight excluding hydrogens is 486 g/mol. The largest absolute Gasteiger partial charge is 0.493 e. The smallest absolute Gasteiger partial charge is 0.161 e. The molecule has 0 aliphatic carbocycles. The maximum absolute atomic E-state index is 11.2.